The SMILES string of the molecule is O=C(Nc1ccccc1NC(=O)C1CC(F)CC(F)C1)C1CC(F)CC(F)C1. The minimum absolute atomic E-state index is 0.0430. The molecule has 0 heterocycles. The van der Waals surface area contributed by atoms with Crippen molar-refractivity contribution in [3.05, 3.63) is 24.3 Å². The Bertz CT molecular complexity index is 638. The van der Waals surface area contributed by atoms with Gasteiger partial charge in [0.15, 0.2) is 0 Å². The average molecular weight is 400 g/mol. The maximum absolute atomic E-state index is 13.6. The second-order valence-electron chi connectivity index (χ2n) is 7.72. The molecule has 4 unspecified atom stereocenters. The second-order valence-corrected chi connectivity index (χ2v) is 7.72. The highest BCUT2D eigenvalue weighted by atomic mass is 19.2. The van der Waals surface area contributed by atoms with Gasteiger partial charge in [-0.2, -0.15) is 0 Å². The van der Waals surface area contributed by atoms with Crippen molar-refractivity contribution in [2.75, 3.05) is 10.6 Å². The fraction of sp³-hybridized carbons (Fsp3) is 0.600. The summed E-state index contributed by atoms with van der Waals surface area (Å²) >= 11 is 0. The summed E-state index contributed by atoms with van der Waals surface area (Å²) in [6.07, 6.45) is -5.99. The van der Waals surface area contributed by atoms with E-state index in [9.17, 15) is 27.2 Å². The highest BCUT2D eigenvalue weighted by molar-refractivity contribution is 6.00. The molecule has 8 heteroatoms. The molecule has 3 rings (SSSR count). The smallest absolute Gasteiger partial charge is 0.227 e. The second kappa shape index (κ2) is 8.92. The number of alkyl halides is 4. The van der Waals surface area contributed by atoms with E-state index in [0.29, 0.717) is 0 Å². The van der Waals surface area contributed by atoms with Crippen LogP contribution in [0.15, 0.2) is 24.3 Å². The van der Waals surface area contributed by atoms with Crippen LogP contribution in [-0.2, 0) is 9.59 Å². The molecule has 28 heavy (non-hydrogen) atoms. The molecule has 0 aliphatic heterocycles. The van der Waals surface area contributed by atoms with Gasteiger partial charge in [0.05, 0.1) is 11.4 Å². The number of rotatable bonds is 4. The van der Waals surface area contributed by atoms with E-state index in [-0.39, 0.29) is 49.9 Å². The van der Waals surface area contributed by atoms with E-state index in [4.69, 9.17) is 0 Å². The summed E-state index contributed by atoms with van der Waals surface area (Å²) < 4.78 is 54.3. The molecular formula is C20H24F4N2O2. The first kappa shape index (κ1) is 20.6. The minimum Gasteiger partial charge on any atom is -0.324 e. The fourth-order valence-electron chi connectivity index (χ4n) is 3.97. The number of para-hydroxylation sites is 2. The van der Waals surface area contributed by atoms with Crippen molar-refractivity contribution in [2.24, 2.45) is 11.8 Å². The summed E-state index contributed by atoms with van der Waals surface area (Å²) in [7, 11) is 0. The molecule has 0 aromatic heterocycles. The van der Waals surface area contributed by atoms with E-state index in [1.165, 1.54) is 0 Å². The summed E-state index contributed by atoms with van der Waals surface area (Å²) in [6, 6.07) is 6.37. The molecule has 2 fully saturated rings. The van der Waals surface area contributed by atoms with Crippen molar-refractivity contribution in [2.45, 2.75) is 63.2 Å². The molecular weight excluding hydrogens is 376 g/mol. The Hall–Kier alpha value is -2.12. The lowest BCUT2D eigenvalue weighted by Gasteiger charge is -2.27. The first-order valence-corrected chi connectivity index (χ1v) is 9.58. The normalized spacial score (nSPS) is 33.1. The quantitative estimate of drug-likeness (QED) is 0.731. The monoisotopic (exact) mass is 400 g/mol. The van der Waals surface area contributed by atoms with Crippen LogP contribution in [0.5, 0.6) is 0 Å². The zero-order chi connectivity index (χ0) is 20.3. The largest absolute Gasteiger partial charge is 0.324 e. The molecule has 0 spiro atoms. The van der Waals surface area contributed by atoms with Crippen LogP contribution in [0.4, 0.5) is 28.9 Å². The van der Waals surface area contributed by atoms with Crippen LogP contribution in [0.1, 0.15) is 38.5 Å². The Labute approximate surface area is 161 Å². The van der Waals surface area contributed by atoms with Crippen LogP contribution in [0.3, 0.4) is 0 Å². The topological polar surface area (TPSA) is 58.2 Å². The van der Waals surface area contributed by atoms with Crippen LogP contribution in [0, 0.1) is 11.8 Å². The zero-order valence-corrected chi connectivity index (χ0v) is 15.3. The molecule has 0 radical (unpaired) electrons. The van der Waals surface area contributed by atoms with Crippen LogP contribution < -0.4 is 10.6 Å². The van der Waals surface area contributed by atoms with E-state index in [0.717, 1.165) is 0 Å². The number of anilines is 2. The summed E-state index contributed by atoms with van der Waals surface area (Å²) in [5.41, 5.74) is 0.559. The van der Waals surface area contributed by atoms with Crippen molar-refractivity contribution in [3.8, 4) is 0 Å². The average Bonchev–Trinajstić information content (AvgIpc) is 2.61. The number of amides is 2. The molecule has 0 bridgehead atoms. The Morgan fingerprint density at radius 2 is 0.964 bits per heavy atom. The lowest BCUT2D eigenvalue weighted by molar-refractivity contribution is -0.123. The van der Waals surface area contributed by atoms with E-state index in [1.54, 1.807) is 24.3 Å². The number of hydrogen-bond donors (Lipinski definition) is 2. The summed E-state index contributed by atoms with van der Waals surface area (Å²) in [6.45, 7) is 0. The summed E-state index contributed by atoms with van der Waals surface area (Å²) in [4.78, 5) is 24.9. The predicted molar refractivity (Wildman–Crippen MR) is 98.0 cm³/mol. The van der Waals surface area contributed by atoms with Gasteiger partial charge in [-0.25, -0.2) is 17.6 Å². The van der Waals surface area contributed by atoms with Crippen LogP contribution in [0.25, 0.3) is 0 Å². The molecule has 2 N–H and O–H groups in total. The molecule has 4 nitrogen and oxygen atoms in total. The van der Waals surface area contributed by atoms with E-state index in [1.807, 2.05) is 0 Å². The Kier molecular flexibility index (Phi) is 6.57. The molecule has 4 atom stereocenters. The highest BCUT2D eigenvalue weighted by Crippen LogP contribution is 2.32. The van der Waals surface area contributed by atoms with Gasteiger partial charge in [-0.1, -0.05) is 12.1 Å². The zero-order valence-electron chi connectivity index (χ0n) is 15.3. The summed E-state index contributed by atoms with van der Waals surface area (Å²) in [5.74, 6) is -2.62. The number of benzene rings is 1. The lowest BCUT2D eigenvalue weighted by Crippen LogP contribution is -2.34. The van der Waals surface area contributed by atoms with Gasteiger partial charge in [0.1, 0.15) is 24.7 Å². The molecule has 2 saturated carbocycles. The third-order valence-corrected chi connectivity index (χ3v) is 5.37. The van der Waals surface area contributed by atoms with Crippen LogP contribution >= 0.6 is 0 Å². The van der Waals surface area contributed by atoms with Gasteiger partial charge < -0.3 is 10.6 Å². The van der Waals surface area contributed by atoms with Crippen molar-refractivity contribution in [1.29, 1.82) is 0 Å². The number of carbonyl (C=O) groups excluding carboxylic acids is 2. The third-order valence-electron chi connectivity index (χ3n) is 5.37. The predicted octanol–water partition coefficient (Wildman–Crippen LogP) is 4.52. The number of carbonyl (C=O) groups is 2. The number of hydrogen-bond acceptors (Lipinski definition) is 2. The minimum atomic E-state index is -1.36. The molecule has 0 saturated heterocycles. The van der Waals surface area contributed by atoms with Gasteiger partial charge >= 0.3 is 0 Å². The van der Waals surface area contributed by atoms with Crippen molar-refractivity contribution < 1.29 is 27.2 Å². The van der Waals surface area contributed by atoms with Crippen molar-refractivity contribution in [3.63, 3.8) is 0 Å². The Balaban J connectivity index is 1.66. The molecule has 1 aromatic carbocycles. The number of halogens is 4. The third kappa shape index (κ3) is 5.23. The van der Waals surface area contributed by atoms with E-state index in [2.05, 4.69) is 10.6 Å². The molecule has 2 aliphatic carbocycles. The van der Waals surface area contributed by atoms with E-state index < -0.39 is 48.3 Å². The lowest BCUT2D eigenvalue weighted by atomic mass is 9.86. The van der Waals surface area contributed by atoms with Gasteiger partial charge in [-0.15, -0.1) is 0 Å². The molecule has 1 aromatic rings. The molecule has 2 amide bonds. The van der Waals surface area contributed by atoms with Crippen molar-refractivity contribution >= 4 is 23.2 Å². The first-order chi connectivity index (χ1) is 13.3. The van der Waals surface area contributed by atoms with Gasteiger partial charge in [-0.05, 0) is 37.8 Å². The highest BCUT2D eigenvalue weighted by Gasteiger charge is 2.34. The van der Waals surface area contributed by atoms with E-state index >= 15 is 0 Å². The maximum atomic E-state index is 13.6. The van der Waals surface area contributed by atoms with Gasteiger partial charge in [0.2, 0.25) is 11.8 Å². The summed E-state index contributed by atoms with van der Waals surface area (Å²) in [5, 5.41) is 5.22. The van der Waals surface area contributed by atoms with Gasteiger partial charge in [0.25, 0.3) is 0 Å². The maximum Gasteiger partial charge on any atom is 0.227 e. The van der Waals surface area contributed by atoms with Crippen LogP contribution in [-0.4, -0.2) is 36.5 Å². The number of nitrogens with one attached hydrogen (secondary N) is 2. The standard InChI is InChI=1S/C20H24F4N2O2/c21-13-5-11(6-14(22)9-13)19(27)25-17-3-1-2-4-18(17)26-20(28)12-7-15(23)10-16(24)8-12/h1-4,11-16H,5-10H2,(H,25,27)(H,26,28). The Morgan fingerprint density at radius 3 is 1.29 bits per heavy atom. The fourth-order valence-corrected chi connectivity index (χ4v) is 3.97. The van der Waals surface area contributed by atoms with Gasteiger partial charge in [-0.3, -0.25) is 9.59 Å². The first-order valence-electron chi connectivity index (χ1n) is 9.58. The van der Waals surface area contributed by atoms with Crippen molar-refractivity contribution in [1.82, 2.24) is 0 Å². The molecule has 154 valence electrons. The van der Waals surface area contributed by atoms with Crippen LogP contribution in [0.2, 0.25) is 0 Å². The molecule has 2 aliphatic rings. The Morgan fingerprint density at radius 1 is 0.643 bits per heavy atom. The van der Waals surface area contributed by atoms with Gasteiger partial charge in [0, 0.05) is 24.7 Å².